The fraction of sp³-hybridized carbons (Fsp3) is 0. The Morgan fingerprint density at radius 2 is 1.93 bits per heavy atom. The van der Waals surface area contributed by atoms with Gasteiger partial charge in [0.2, 0.25) is 0 Å². The van der Waals surface area contributed by atoms with Crippen LogP contribution in [0.3, 0.4) is 0 Å². The van der Waals surface area contributed by atoms with Gasteiger partial charge in [-0.1, -0.05) is 11.6 Å². The van der Waals surface area contributed by atoms with E-state index in [0.717, 1.165) is 0 Å². The Morgan fingerprint density at radius 1 is 1.20 bits per heavy atom. The number of halogens is 1. The molecule has 0 radical (unpaired) electrons. The summed E-state index contributed by atoms with van der Waals surface area (Å²) in [6.45, 7) is 0. The lowest BCUT2D eigenvalue weighted by atomic mass is 10.3. The van der Waals surface area contributed by atoms with Gasteiger partial charge in [0.05, 0.1) is 6.20 Å². The van der Waals surface area contributed by atoms with E-state index in [0.29, 0.717) is 21.3 Å². The van der Waals surface area contributed by atoms with E-state index in [1.165, 1.54) is 0 Å². The molecular formula is C10H7ClN2OS. The van der Waals surface area contributed by atoms with E-state index in [1.807, 2.05) is 0 Å². The number of rotatable bonds is 2. The summed E-state index contributed by atoms with van der Waals surface area (Å²) in [5.41, 5.74) is 0. The molecule has 1 N–H and O–H groups in total. The van der Waals surface area contributed by atoms with Crippen molar-refractivity contribution in [2.45, 2.75) is 0 Å². The summed E-state index contributed by atoms with van der Waals surface area (Å²) >= 11 is 10.6. The summed E-state index contributed by atoms with van der Waals surface area (Å²) < 4.78 is 5.92. The summed E-state index contributed by atoms with van der Waals surface area (Å²) in [4.78, 5) is 6.69. The third-order valence-corrected chi connectivity index (χ3v) is 2.17. The lowest BCUT2D eigenvalue weighted by Gasteiger charge is -2.03. The van der Waals surface area contributed by atoms with Crippen LogP contribution in [-0.4, -0.2) is 9.97 Å². The summed E-state index contributed by atoms with van der Waals surface area (Å²) in [5, 5.41) is 0.674. The molecule has 0 aliphatic rings. The van der Waals surface area contributed by atoms with Crippen LogP contribution < -0.4 is 4.74 Å². The second-order valence-corrected chi connectivity index (χ2v) is 3.63. The molecule has 5 heteroatoms. The Labute approximate surface area is 96.7 Å². The summed E-state index contributed by atoms with van der Waals surface area (Å²) in [6, 6.07) is 7.08. The van der Waals surface area contributed by atoms with Crippen LogP contribution >= 0.6 is 23.8 Å². The minimum atomic E-state index is 0.429. The monoisotopic (exact) mass is 238 g/mol. The molecule has 1 aromatic carbocycles. The summed E-state index contributed by atoms with van der Waals surface area (Å²) in [5.74, 6) is 1.30. The molecule has 0 saturated carbocycles. The zero-order chi connectivity index (χ0) is 10.7. The van der Waals surface area contributed by atoms with Crippen LogP contribution in [0.5, 0.6) is 11.5 Å². The highest BCUT2D eigenvalue weighted by Crippen LogP contribution is 2.21. The fourth-order valence-corrected chi connectivity index (χ4v) is 1.26. The Bertz CT molecular complexity index is 489. The normalized spacial score (nSPS) is 9.93. The van der Waals surface area contributed by atoms with Gasteiger partial charge in [-0.15, -0.1) is 0 Å². The van der Waals surface area contributed by atoms with Gasteiger partial charge in [-0.25, -0.2) is 4.98 Å². The Kier molecular flexibility index (Phi) is 2.99. The van der Waals surface area contributed by atoms with Gasteiger partial charge in [0, 0.05) is 11.2 Å². The van der Waals surface area contributed by atoms with Crippen LogP contribution in [0, 0.1) is 4.77 Å². The number of aromatic amines is 1. The molecule has 0 atom stereocenters. The molecule has 2 aromatic rings. The second kappa shape index (κ2) is 4.42. The van der Waals surface area contributed by atoms with E-state index in [-0.39, 0.29) is 0 Å². The van der Waals surface area contributed by atoms with E-state index < -0.39 is 0 Å². The molecule has 0 saturated heterocycles. The SMILES string of the molecule is S=c1ncc(Oc2ccc(Cl)cc2)c[nH]1. The third-order valence-electron chi connectivity index (χ3n) is 1.70. The van der Waals surface area contributed by atoms with E-state index in [9.17, 15) is 0 Å². The average Bonchev–Trinajstić information content (AvgIpc) is 2.25. The van der Waals surface area contributed by atoms with Gasteiger partial charge in [0.25, 0.3) is 0 Å². The molecule has 0 spiro atoms. The highest BCUT2D eigenvalue weighted by atomic mass is 35.5. The van der Waals surface area contributed by atoms with Crippen LogP contribution in [0.1, 0.15) is 0 Å². The third kappa shape index (κ3) is 2.78. The predicted molar refractivity (Wildman–Crippen MR) is 60.9 cm³/mol. The number of hydrogen-bond acceptors (Lipinski definition) is 3. The maximum absolute atomic E-state index is 5.75. The Hall–Kier alpha value is -1.39. The molecule has 0 bridgehead atoms. The first-order chi connectivity index (χ1) is 7.24. The van der Waals surface area contributed by atoms with E-state index in [2.05, 4.69) is 9.97 Å². The van der Waals surface area contributed by atoms with E-state index in [1.54, 1.807) is 36.7 Å². The van der Waals surface area contributed by atoms with Gasteiger partial charge in [0.15, 0.2) is 10.5 Å². The highest BCUT2D eigenvalue weighted by molar-refractivity contribution is 7.71. The first-order valence-electron chi connectivity index (χ1n) is 4.22. The van der Waals surface area contributed by atoms with Gasteiger partial charge >= 0.3 is 0 Å². The molecule has 1 aromatic heterocycles. The van der Waals surface area contributed by atoms with Gasteiger partial charge in [-0.3, -0.25) is 0 Å². The van der Waals surface area contributed by atoms with Crippen molar-refractivity contribution in [2.75, 3.05) is 0 Å². The minimum Gasteiger partial charge on any atom is -0.454 e. The van der Waals surface area contributed by atoms with Crippen molar-refractivity contribution in [1.29, 1.82) is 0 Å². The summed E-state index contributed by atoms with van der Waals surface area (Å²) in [7, 11) is 0. The molecule has 0 amide bonds. The molecule has 1 heterocycles. The predicted octanol–water partition coefficient (Wildman–Crippen LogP) is 3.58. The van der Waals surface area contributed by atoms with Crippen molar-refractivity contribution < 1.29 is 4.74 Å². The maximum Gasteiger partial charge on any atom is 0.196 e. The number of aromatic nitrogens is 2. The highest BCUT2D eigenvalue weighted by Gasteiger charge is 1.96. The number of H-pyrrole nitrogens is 1. The van der Waals surface area contributed by atoms with E-state index in [4.69, 9.17) is 28.6 Å². The number of ether oxygens (including phenoxy) is 1. The molecule has 0 aliphatic heterocycles. The molecule has 0 aliphatic carbocycles. The zero-order valence-electron chi connectivity index (χ0n) is 7.61. The zero-order valence-corrected chi connectivity index (χ0v) is 9.18. The molecular weight excluding hydrogens is 232 g/mol. The van der Waals surface area contributed by atoms with Gasteiger partial charge in [0.1, 0.15) is 5.75 Å². The summed E-state index contributed by atoms with van der Waals surface area (Å²) in [6.07, 6.45) is 3.22. The van der Waals surface area contributed by atoms with Crippen LogP contribution in [0.2, 0.25) is 5.02 Å². The number of nitrogens with zero attached hydrogens (tertiary/aromatic N) is 1. The van der Waals surface area contributed by atoms with Crippen LogP contribution in [0.15, 0.2) is 36.7 Å². The Morgan fingerprint density at radius 3 is 2.53 bits per heavy atom. The van der Waals surface area contributed by atoms with Gasteiger partial charge < -0.3 is 9.72 Å². The van der Waals surface area contributed by atoms with Crippen molar-refractivity contribution in [3.05, 3.63) is 46.5 Å². The van der Waals surface area contributed by atoms with Crippen molar-refractivity contribution in [3.8, 4) is 11.5 Å². The van der Waals surface area contributed by atoms with Gasteiger partial charge in [-0.05, 0) is 36.5 Å². The molecule has 2 rings (SSSR count). The lowest BCUT2D eigenvalue weighted by Crippen LogP contribution is -1.87. The van der Waals surface area contributed by atoms with Crippen LogP contribution in [-0.2, 0) is 0 Å². The second-order valence-electron chi connectivity index (χ2n) is 2.81. The number of benzene rings is 1. The maximum atomic E-state index is 5.75. The van der Waals surface area contributed by atoms with E-state index >= 15 is 0 Å². The number of nitrogens with one attached hydrogen (secondary N) is 1. The molecule has 76 valence electrons. The lowest BCUT2D eigenvalue weighted by molar-refractivity contribution is 0.477. The largest absolute Gasteiger partial charge is 0.454 e. The Balaban J connectivity index is 2.18. The topological polar surface area (TPSA) is 37.9 Å². The van der Waals surface area contributed by atoms with Crippen molar-refractivity contribution in [1.82, 2.24) is 9.97 Å². The fourth-order valence-electron chi connectivity index (χ4n) is 1.02. The van der Waals surface area contributed by atoms with Crippen molar-refractivity contribution in [2.24, 2.45) is 0 Å². The van der Waals surface area contributed by atoms with Crippen molar-refractivity contribution in [3.63, 3.8) is 0 Å². The standard InChI is InChI=1S/C10H7ClN2OS/c11-7-1-3-8(4-2-7)14-9-5-12-10(15)13-6-9/h1-6H,(H,12,13,15). The molecule has 0 fully saturated rings. The first-order valence-corrected chi connectivity index (χ1v) is 5.01. The smallest absolute Gasteiger partial charge is 0.196 e. The van der Waals surface area contributed by atoms with Crippen LogP contribution in [0.25, 0.3) is 0 Å². The molecule has 0 unspecified atom stereocenters. The first kappa shape index (κ1) is 10.1. The van der Waals surface area contributed by atoms with Crippen LogP contribution in [0.4, 0.5) is 0 Å². The quantitative estimate of drug-likeness (QED) is 0.813. The number of hydrogen-bond donors (Lipinski definition) is 1. The molecule has 15 heavy (non-hydrogen) atoms. The van der Waals surface area contributed by atoms with Gasteiger partial charge in [-0.2, -0.15) is 0 Å². The van der Waals surface area contributed by atoms with Crippen molar-refractivity contribution >= 4 is 23.8 Å². The molecule has 3 nitrogen and oxygen atoms in total. The minimum absolute atomic E-state index is 0.429. The average molecular weight is 239 g/mol.